The molecule has 4 heterocycles. The molecule has 0 aliphatic carbocycles. The zero-order chi connectivity index (χ0) is 25.9. The molecule has 0 aliphatic heterocycles. The van der Waals surface area contributed by atoms with Gasteiger partial charge in [-0.05, 0) is 70.4 Å². The van der Waals surface area contributed by atoms with Crippen LogP contribution in [-0.4, -0.2) is 14.4 Å². The SMILES string of the molecule is c1ccc2cc(-c3cc4c5nc6ccccc6nc5n5c6ccc7c8ccccc8oc7c6c(c3)c45)ccc2c1. The van der Waals surface area contributed by atoms with E-state index in [-0.39, 0.29) is 0 Å². The van der Waals surface area contributed by atoms with Crippen LogP contribution in [0.15, 0.2) is 120 Å². The summed E-state index contributed by atoms with van der Waals surface area (Å²) in [6.07, 6.45) is 0. The van der Waals surface area contributed by atoms with Crippen molar-refractivity contribution >= 4 is 82.1 Å². The van der Waals surface area contributed by atoms with Crippen molar-refractivity contribution in [3.05, 3.63) is 115 Å². The molecule has 0 saturated carbocycles. The fourth-order valence-corrected chi connectivity index (χ4v) is 6.67. The number of aromatic nitrogens is 3. The van der Waals surface area contributed by atoms with E-state index in [1.807, 2.05) is 36.4 Å². The van der Waals surface area contributed by atoms with E-state index >= 15 is 0 Å². The summed E-state index contributed by atoms with van der Waals surface area (Å²) >= 11 is 0. The van der Waals surface area contributed by atoms with Gasteiger partial charge < -0.3 is 4.42 Å². The van der Waals surface area contributed by atoms with Crippen LogP contribution in [0.25, 0.3) is 93.2 Å². The molecule has 0 fully saturated rings. The van der Waals surface area contributed by atoms with Gasteiger partial charge in [0.25, 0.3) is 0 Å². The van der Waals surface area contributed by atoms with Gasteiger partial charge in [-0.2, -0.15) is 0 Å². The van der Waals surface area contributed by atoms with Crippen LogP contribution in [0.2, 0.25) is 0 Å². The van der Waals surface area contributed by atoms with Crippen LogP contribution in [0.5, 0.6) is 0 Å². The number of hydrogen-bond donors (Lipinski definition) is 0. The molecule has 0 spiro atoms. The van der Waals surface area contributed by atoms with Crippen LogP contribution < -0.4 is 0 Å². The molecule has 184 valence electrons. The standard InChI is InChI=1S/C36H19N3O/c1-2-8-21-17-22(14-13-20(21)7-1)23-18-26-32-30(16-15-25-24-9-3-6-12-31(24)40-35(25)32)39-34(26)27(19-23)33-36(39)38-29-11-5-4-10-28(29)37-33/h1-19H. The van der Waals surface area contributed by atoms with Crippen LogP contribution in [0.1, 0.15) is 0 Å². The molecule has 0 bridgehead atoms. The Hall–Kier alpha value is -5.48. The fraction of sp³-hybridized carbons (Fsp3) is 0. The maximum Gasteiger partial charge on any atom is 0.165 e. The third-order valence-corrected chi connectivity index (χ3v) is 8.47. The summed E-state index contributed by atoms with van der Waals surface area (Å²) in [5.74, 6) is 0. The molecule has 6 aromatic carbocycles. The average molecular weight is 510 g/mol. The number of nitrogens with zero attached hydrogens (tertiary/aromatic N) is 3. The molecule has 10 aromatic rings. The van der Waals surface area contributed by atoms with Gasteiger partial charge in [0.1, 0.15) is 16.7 Å². The number of furan rings is 1. The van der Waals surface area contributed by atoms with Crippen molar-refractivity contribution in [1.29, 1.82) is 0 Å². The molecule has 40 heavy (non-hydrogen) atoms. The van der Waals surface area contributed by atoms with Gasteiger partial charge in [-0.25, -0.2) is 9.97 Å². The Morgan fingerprint density at radius 3 is 2.25 bits per heavy atom. The van der Waals surface area contributed by atoms with Crippen LogP contribution in [0.3, 0.4) is 0 Å². The summed E-state index contributed by atoms with van der Waals surface area (Å²) in [6.45, 7) is 0. The van der Waals surface area contributed by atoms with Crippen molar-refractivity contribution < 1.29 is 4.42 Å². The van der Waals surface area contributed by atoms with E-state index in [4.69, 9.17) is 14.4 Å². The molecule has 0 N–H and O–H groups in total. The van der Waals surface area contributed by atoms with Crippen molar-refractivity contribution in [2.24, 2.45) is 0 Å². The highest BCUT2D eigenvalue weighted by atomic mass is 16.3. The summed E-state index contributed by atoms with van der Waals surface area (Å²) in [6, 6.07) is 40.6. The summed E-state index contributed by atoms with van der Waals surface area (Å²) in [7, 11) is 0. The predicted molar refractivity (Wildman–Crippen MR) is 164 cm³/mol. The second kappa shape index (κ2) is 7.13. The lowest BCUT2D eigenvalue weighted by molar-refractivity contribution is 0.673. The first kappa shape index (κ1) is 20.5. The van der Waals surface area contributed by atoms with Gasteiger partial charge in [0.15, 0.2) is 5.65 Å². The maximum atomic E-state index is 6.56. The van der Waals surface area contributed by atoms with E-state index in [2.05, 4.69) is 83.3 Å². The fourth-order valence-electron chi connectivity index (χ4n) is 6.67. The number of hydrogen-bond acceptors (Lipinski definition) is 3. The van der Waals surface area contributed by atoms with Crippen molar-refractivity contribution in [1.82, 2.24) is 14.4 Å². The van der Waals surface area contributed by atoms with E-state index in [0.717, 1.165) is 76.9 Å². The van der Waals surface area contributed by atoms with E-state index in [9.17, 15) is 0 Å². The van der Waals surface area contributed by atoms with Gasteiger partial charge in [-0.3, -0.25) is 4.40 Å². The molecule has 10 rings (SSSR count). The van der Waals surface area contributed by atoms with Gasteiger partial charge in [0, 0.05) is 21.5 Å². The van der Waals surface area contributed by atoms with Gasteiger partial charge in [-0.1, -0.05) is 66.7 Å². The highest BCUT2D eigenvalue weighted by Crippen LogP contribution is 2.45. The highest BCUT2D eigenvalue weighted by molar-refractivity contribution is 6.30. The topological polar surface area (TPSA) is 43.3 Å². The molecule has 4 aromatic heterocycles. The van der Waals surface area contributed by atoms with E-state index < -0.39 is 0 Å². The van der Waals surface area contributed by atoms with Crippen LogP contribution >= 0.6 is 0 Å². The van der Waals surface area contributed by atoms with Gasteiger partial charge >= 0.3 is 0 Å². The summed E-state index contributed by atoms with van der Waals surface area (Å²) in [5, 5.41) is 8.11. The van der Waals surface area contributed by atoms with Crippen molar-refractivity contribution in [2.75, 3.05) is 0 Å². The Balaban J connectivity index is 1.44. The smallest absolute Gasteiger partial charge is 0.165 e. The number of para-hydroxylation sites is 3. The summed E-state index contributed by atoms with van der Waals surface area (Å²) in [5.41, 5.74) is 9.97. The lowest BCUT2D eigenvalue weighted by atomic mass is 9.97. The molecule has 0 saturated heterocycles. The molecule has 0 radical (unpaired) electrons. The molecule has 4 nitrogen and oxygen atoms in total. The van der Waals surface area contributed by atoms with E-state index in [1.54, 1.807) is 0 Å². The quantitative estimate of drug-likeness (QED) is 0.221. The largest absolute Gasteiger partial charge is 0.455 e. The average Bonchev–Trinajstić information content (AvgIpc) is 3.65. The lowest BCUT2D eigenvalue weighted by Gasteiger charge is -2.06. The van der Waals surface area contributed by atoms with Crippen molar-refractivity contribution in [3.8, 4) is 11.1 Å². The molecule has 0 unspecified atom stereocenters. The monoisotopic (exact) mass is 509 g/mol. The number of fused-ring (bicyclic) bond motifs is 12. The van der Waals surface area contributed by atoms with Crippen LogP contribution in [0, 0.1) is 0 Å². The van der Waals surface area contributed by atoms with E-state index in [0.29, 0.717) is 0 Å². The number of rotatable bonds is 1. The highest BCUT2D eigenvalue weighted by Gasteiger charge is 2.24. The normalized spacial score (nSPS) is 12.5. The lowest BCUT2D eigenvalue weighted by Crippen LogP contribution is -1.88. The molecule has 0 aliphatic rings. The summed E-state index contributed by atoms with van der Waals surface area (Å²) < 4.78 is 8.85. The molecular weight excluding hydrogens is 490 g/mol. The van der Waals surface area contributed by atoms with Gasteiger partial charge in [-0.15, -0.1) is 0 Å². The minimum Gasteiger partial charge on any atom is -0.455 e. The first-order chi connectivity index (χ1) is 19.8. The summed E-state index contributed by atoms with van der Waals surface area (Å²) in [4.78, 5) is 10.3. The number of benzene rings is 6. The molecule has 0 atom stereocenters. The molecule has 0 amide bonds. The molecular formula is C36H19N3O. The van der Waals surface area contributed by atoms with Crippen molar-refractivity contribution in [3.63, 3.8) is 0 Å². The van der Waals surface area contributed by atoms with Crippen LogP contribution in [-0.2, 0) is 0 Å². The first-order valence-electron chi connectivity index (χ1n) is 13.5. The van der Waals surface area contributed by atoms with Crippen LogP contribution in [0.4, 0.5) is 0 Å². The second-order valence-electron chi connectivity index (χ2n) is 10.6. The zero-order valence-electron chi connectivity index (χ0n) is 21.2. The van der Waals surface area contributed by atoms with E-state index in [1.165, 1.54) is 16.3 Å². The Bertz CT molecular complexity index is 2660. The Labute approximate surface area is 227 Å². The minimum atomic E-state index is 0.875. The van der Waals surface area contributed by atoms with Gasteiger partial charge in [0.2, 0.25) is 0 Å². The minimum absolute atomic E-state index is 0.875. The predicted octanol–water partition coefficient (Wildman–Crippen LogP) is 9.50. The Morgan fingerprint density at radius 1 is 0.550 bits per heavy atom. The Morgan fingerprint density at radius 2 is 1.32 bits per heavy atom. The molecule has 4 heteroatoms. The Kier molecular flexibility index (Phi) is 3.65. The third kappa shape index (κ3) is 2.51. The van der Waals surface area contributed by atoms with Crippen molar-refractivity contribution in [2.45, 2.75) is 0 Å². The first-order valence-corrected chi connectivity index (χ1v) is 13.5. The van der Waals surface area contributed by atoms with Gasteiger partial charge in [0.05, 0.1) is 27.5 Å². The second-order valence-corrected chi connectivity index (χ2v) is 10.6. The zero-order valence-corrected chi connectivity index (χ0v) is 21.2. The maximum absolute atomic E-state index is 6.56. The third-order valence-electron chi connectivity index (χ3n) is 8.47.